The highest BCUT2D eigenvalue weighted by Crippen LogP contribution is 2.34. The molecule has 2 unspecified atom stereocenters. The maximum Gasteiger partial charge on any atom is 0.119 e. The summed E-state index contributed by atoms with van der Waals surface area (Å²) in [5.74, 6) is 0.857. The summed E-state index contributed by atoms with van der Waals surface area (Å²) in [6, 6.07) is 6.06. The van der Waals surface area contributed by atoms with E-state index in [0.717, 1.165) is 17.9 Å². The molecule has 0 radical (unpaired) electrons. The van der Waals surface area contributed by atoms with Crippen LogP contribution in [0.25, 0.3) is 0 Å². The molecule has 0 amide bonds. The topological polar surface area (TPSA) is 58.7 Å². The summed E-state index contributed by atoms with van der Waals surface area (Å²) in [4.78, 5) is 2.09. The van der Waals surface area contributed by atoms with Gasteiger partial charge in [-0.2, -0.15) is 0 Å². The highest BCUT2D eigenvalue weighted by atomic mass is 16.5. The van der Waals surface area contributed by atoms with E-state index in [2.05, 4.69) is 4.90 Å². The van der Waals surface area contributed by atoms with Gasteiger partial charge in [-0.05, 0) is 30.2 Å². The van der Waals surface area contributed by atoms with Gasteiger partial charge in [0.05, 0.1) is 19.3 Å². The summed E-state index contributed by atoms with van der Waals surface area (Å²) < 4.78 is 5.19. The molecular weight excluding hydrogens is 204 g/mol. The number of likely N-dealkylation sites (N-methyl/N-ethyl adjacent to an activating group) is 1. The van der Waals surface area contributed by atoms with Crippen molar-refractivity contribution < 1.29 is 9.84 Å². The third kappa shape index (κ3) is 1.74. The second-order valence-electron chi connectivity index (χ2n) is 4.18. The molecule has 0 fully saturated rings. The van der Waals surface area contributed by atoms with Crippen molar-refractivity contribution in [2.24, 2.45) is 5.73 Å². The SMILES string of the molecule is COc1ccc2c(c1)CC(C(O)CN)N2C. The predicted molar refractivity (Wildman–Crippen MR) is 64.0 cm³/mol. The van der Waals surface area contributed by atoms with Crippen molar-refractivity contribution in [2.75, 3.05) is 25.6 Å². The molecule has 0 bridgehead atoms. The molecule has 1 aromatic rings. The van der Waals surface area contributed by atoms with Gasteiger partial charge in [0, 0.05) is 19.3 Å². The lowest BCUT2D eigenvalue weighted by Gasteiger charge is -2.26. The van der Waals surface area contributed by atoms with Crippen LogP contribution >= 0.6 is 0 Å². The summed E-state index contributed by atoms with van der Waals surface area (Å²) in [7, 11) is 3.65. The molecule has 3 N–H and O–H groups in total. The number of nitrogens with two attached hydrogens (primary N) is 1. The lowest BCUT2D eigenvalue weighted by Crippen LogP contribution is -2.43. The minimum Gasteiger partial charge on any atom is -0.497 e. The normalized spacial score (nSPS) is 20.8. The fourth-order valence-electron chi connectivity index (χ4n) is 2.29. The zero-order valence-electron chi connectivity index (χ0n) is 9.68. The van der Waals surface area contributed by atoms with Crippen LogP contribution in [0, 0.1) is 0 Å². The van der Waals surface area contributed by atoms with Crippen molar-refractivity contribution in [2.45, 2.75) is 18.6 Å². The lowest BCUT2D eigenvalue weighted by molar-refractivity contribution is 0.153. The Hall–Kier alpha value is -1.26. The molecule has 0 aromatic heterocycles. The minimum atomic E-state index is -0.483. The Morgan fingerprint density at radius 2 is 2.38 bits per heavy atom. The molecular formula is C12H18N2O2. The first-order valence-corrected chi connectivity index (χ1v) is 5.45. The second-order valence-corrected chi connectivity index (χ2v) is 4.18. The Morgan fingerprint density at radius 3 is 3.00 bits per heavy atom. The molecule has 2 atom stereocenters. The molecule has 0 spiro atoms. The van der Waals surface area contributed by atoms with Gasteiger partial charge in [0.15, 0.2) is 0 Å². The number of methoxy groups -OCH3 is 1. The molecule has 88 valence electrons. The molecule has 4 heteroatoms. The number of nitrogens with zero attached hydrogens (tertiary/aromatic N) is 1. The van der Waals surface area contributed by atoms with Gasteiger partial charge in [0.1, 0.15) is 5.75 Å². The summed E-state index contributed by atoms with van der Waals surface area (Å²) in [5.41, 5.74) is 7.86. The highest BCUT2D eigenvalue weighted by Gasteiger charge is 2.31. The van der Waals surface area contributed by atoms with Gasteiger partial charge in [0.25, 0.3) is 0 Å². The van der Waals surface area contributed by atoms with E-state index in [9.17, 15) is 5.11 Å². The molecule has 0 saturated carbocycles. The summed E-state index contributed by atoms with van der Waals surface area (Å²) in [6.07, 6.45) is 0.338. The molecule has 16 heavy (non-hydrogen) atoms. The van der Waals surface area contributed by atoms with Crippen molar-refractivity contribution in [1.82, 2.24) is 0 Å². The number of rotatable bonds is 3. The van der Waals surface area contributed by atoms with E-state index in [1.165, 1.54) is 5.56 Å². The molecule has 2 rings (SSSR count). The van der Waals surface area contributed by atoms with Crippen LogP contribution in [-0.2, 0) is 6.42 Å². The number of hydrogen-bond acceptors (Lipinski definition) is 4. The first-order chi connectivity index (χ1) is 7.67. The van der Waals surface area contributed by atoms with Gasteiger partial charge >= 0.3 is 0 Å². The van der Waals surface area contributed by atoms with E-state index in [1.54, 1.807) is 7.11 Å². The third-order valence-corrected chi connectivity index (χ3v) is 3.28. The van der Waals surface area contributed by atoms with Gasteiger partial charge in [0.2, 0.25) is 0 Å². The van der Waals surface area contributed by atoms with E-state index in [0.29, 0.717) is 6.54 Å². The van der Waals surface area contributed by atoms with E-state index in [1.807, 2.05) is 25.2 Å². The van der Waals surface area contributed by atoms with Crippen molar-refractivity contribution in [1.29, 1.82) is 0 Å². The lowest BCUT2D eigenvalue weighted by atomic mass is 10.1. The Morgan fingerprint density at radius 1 is 1.62 bits per heavy atom. The average molecular weight is 222 g/mol. The molecule has 1 aliphatic heterocycles. The first kappa shape index (κ1) is 11.2. The standard InChI is InChI=1S/C12H18N2O2/c1-14-10-4-3-9(16-2)5-8(10)6-11(14)12(15)7-13/h3-5,11-12,15H,6-7,13H2,1-2H3. The van der Waals surface area contributed by atoms with E-state index >= 15 is 0 Å². The van der Waals surface area contributed by atoms with Gasteiger partial charge in [-0.3, -0.25) is 0 Å². The number of ether oxygens (including phenoxy) is 1. The van der Waals surface area contributed by atoms with Crippen LogP contribution in [0.4, 0.5) is 5.69 Å². The van der Waals surface area contributed by atoms with Crippen LogP contribution in [0.3, 0.4) is 0 Å². The largest absolute Gasteiger partial charge is 0.497 e. The molecule has 1 heterocycles. The van der Waals surface area contributed by atoms with Crippen LogP contribution in [-0.4, -0.2) is 38.0 Å². The number of aliphatic hydroxyl groups is 1. The Kier molecular flexibility index (Phi) is 3.03. The maximum absolute atomic E-state index is 9.83. The smallest absolute Gasteiger partial charge is 0.119 e. The number of hydrogen-bond donors (Lipinski definition) is 2. The van der Waals surface area contributed by atoms with Crippen molar-refractivity contribution in [3.8, 4) is 5.75 Å². The van der Waals surface area contributed by atoms with Crippen LogP contribution in [0.15, 0.2) is 18.2 Å². The van der Waals surface area contributed by atoms with Crippen LogP contribution in [0.5, 0.6) is 5.75 Å². The van der Waals surface area contributed by atoms with Gasteiger partial charge in [-0.1, -0.05) is 0 Å². The zero-order chi connectivity index (χ0) is 11.7. The highest BCUT2D eigenvalue weighted by molar-refractivity contribution is 5.61. The maximum atomic E-state index is 9.83. The molecule has 1 aliphatic rings. The molecule has 0 saturated heterocycles. The number of fused-ring (bicyclic) bond motifs is 1. The third-order valence-electron chi connectivity index (χ3n) is 3.28. The van der Waals surface area contributed by atoms with E-state index < -0.39 is 6.10 Å². The van der Waals surface area contributed by atoms with Gasteiger partial charge in [-0.15, -0.1) is 0 Å². The van der Waals surface area contributed by atoms with E-state index in [4.69, 9.17) is 10.5 Å². The minimum absolute atomic E-state index is 0.0760. The van der Waals surface area contributed by atoms with Crippen molar-refractivity contribution >= 4 is 5.69 Å². The Balaban J connectivity index is 2.27. The van der Waals surface area contributed by atoms with Gasteiger partial charge in [-0.25, -0.2) is 0 Å². The Labute approximate surface area is 95.6 Å². The summed E-state index contributed by atoms with van der Waals surface area (Å²) in [6.45, 7) is 0.292. The number of aliphatic hydroxyl groups excluding tert-OH is 1. The predicted octanol–water partition coefficient (Wildman–Crippen LogP) is 0.376. The second kappa shape index (κ2) is 4.31. The fourth-order valence-corrected chi connectivity index (χ4v) is 2.29. The van der Waals surface area contributed by atoms with E-state index in [-0.39, 0.29) is 6.04 Å². The quantitative estimate of drug-likeness (QED) is 0.776. The van der Waals surface area contributed by atoms with Crippen LogP contribution < -0.4 is 15.4 Å². The van der Waals surface area contributed by atoms with Crippen molar-refractivity contribution in [3.05, 3.63) is 23.8 Å². The van der Waals surface area contributed by atoms with Gasteiger partial charge < -0.3 is 20.5 Å². The van der Waals surface area contributed by atoms with Crippen LogP contribution in [0.1, 0.15) is 5.56 Å². The number of anilines is 1. The monoisotopic (exact) mass is 222 g/mol. The summed E-state index contributed by atoms with van der Waals surface area (Å²) >= 11 is 0. The first-order valence-electron chi connectivity index (χ1n) is 5.45. The molecule has 1 aromatic carbocycles. The fraction of sp³-hybridized carbons (Fsp3) is 0.500. The molecule has 4 nitrogen and oxygen atoms in total. The number of benzene rings is 1. The zero-order valence-corrected chi connectivity index (χ0v) is 9.68. The average Bonchev–Trinajstić information content (AvgIpc) is 2.65. The van der Waals surface area contributed by atoms with Crippen molar-refractivity contribution in [3.63, 3.8) is 0 Å². The van der Waals surface area contributed by atoms with Crippen LogP contribution in [0.2, 0.25) is 0 Å². The Bertz CT molecular complexity index is 381. The molecule has 0 aliphatic carbocycles. The summed E-state index contributed by atoms with van der Waals surface area (Å²) in [5, 5.41) is 9.83.